The molecule has 1 saturated carbocycles. The molecular weight excluding hydrogens is 394 g/mol. The van der Waals surface area contributed by atoms with Crippen LogP contribution < -0.4 is 5.32 Å². The van der Waals surface area contributed by atoms with Crippen LogP contribution in [-0.2, 0) is 18.4 Å². The Morgan fingerprint density at radius 2 is 2.08 bits per heavy atom. The van der Waals surface area contributed by atoms with Crippen LogP contribution in [0.4, 0.5) is 5.82 Å². The van der Waals surface area contributed by atoms with Gasteiger partial charge in [0.1, 0.15) is 5.82 Å². The average Bonchev–Trinajstić information content (AvgIpc) is 3.33. The number of fused-ring (bicyclic) bond motifs is 3. The van der Waals surface area contributed by atoms with Crippen LogP contribution in [0, 0.1) is 0 Å². The van der Waals surface area contributed by atoms with Gasteiger partial charge in [-0.2, -0.15) is 14.3 Å². The number of nitrogens with one attached hydrogen (secondary N) is 1. The van der Waals surface area contributed by atoms with E-state index in [1.807, 2.05) is 22.8 Å². The maximum atomic E-state index is 9.87. The molecule has 0 saturated heterocycles. The van der Waals surface area contributed by atoms with Gasteiger partial charge in [0.05, 0.1) is 28.6 Å². The number of anilines is 1. The van der Waals surface area contributed by atoms with Crippen molar-refractivity contribution in [1.29, 1.82) is 0 Å². The maximum absolute atomic E-state index is 9.87. The van der Waals surface area contributed by atoms with Gasteiger partial charge in [0.2, 0.25) is 0 Å². The topological polar surface area (TPSA) is 67.4 Å². The van der Waals surface area contributed by atoms with Gasteiger partial charge in [-0.15, -0.1) is 0 Å². The maximum Gasteiger partial charge on any atom is 0.171 e. The molecule has 2 N–H and O–H groups in total. The fourth-order valence-corrected chi connectivity index (χ4v) is 5.12. The zero-order chi connectivity index (χ0) is 17.7. The fraction of sp³-hybridized carbons (Fsp3) is 0.474. The number of aromatic nitrogens is 4. The van der Waals surface area contributed by atoms with Crippen molar-refractivity contribution in [3.05, 3.63) is 46.0 Å². The molecule has 2 aliphatic carbocycles. The van der Waals surface area contributed by atoms with Gasteiger partial charge in [-0.1, -0.05) is 19.3 Å². The second-order valence-electron chi connectivity index (χ2n) is 7.55. The molecule has 0 unspecified atom stereocenters. The van der Waals surface area contributed by atoms with Gasteiger partial charge in [0.25, 0.3) is 0 Å². The van der Waals surface area contributed by atoms with Crippen molar-refractivity contribution in [2.75, 3.05) is 5.32 Å². The van der Waals surface area contributed by atoms with Crippen LogP contribution in [0.3, 0.4) is 0 Å². The van der Waals surface area contributed by atoms with Gasteiger partial charge < -0.3 is 10.5 Å². The minimum Gasteiger partial charge on any atom is -0.429 e. The van der Waals surface area contributed by atoms with Crippen LogP contribution in [0.5, 0.6) is 0 Å². The quantitative estimate of drug-likeness (QED) is 0.626. The lowest BCUT2D eigenvalue weighted by molar-refractivity contribution is 0.179. The van der Waals surface area contributed by atoms with E-state index < -0.39 is 0 Å². The van der Waals surface area contributed by atoms with Crippen LogP contribution in [0.1, 0.15) is 55.5 Å². The first kappa shape index (κ1) is 16.2. The van der Waals surface area contributed by atoms with Gasteiger partial charge in [-0.25, -0.2) is 4.98 Å². The molecule has 1 spiro atoms. The van der Waals surface area contributed by atoms with Crippen molar-refractivity contribution in [3.8, 4) is 0 Å². The van der Waals surface area contributed by atoms with Crippen LogP contribution in [0.25, 0.3) is 5.65 Å². The molecule has 3 aromatic rings. The van der Waals surface area contributed by atoms with Crippen molar-refractivity contribution in [3.63, 3.8) is 0 Å². The zero-order valence-corrected chi connectivity index (χ0v) is 16.2. The third-order valence-corrected chi connectivity index (χ3v) is 6.68. The highest BCUT2D eigenvalue weighted by atomic mass is 79.9. The second-order valence-corrected chi connectivity index (χ2v) is 8.41. The van der Waals surface area contributed by atoms with Crippen LogP contribution >= 0.6 is 15.9 Å². The molecule has 0 aromatic carbocycles. The molecule has 5 rings (SSSR count). The standard InChI is InChI=1S/C19H22BrN5O/c20-15-12-22-25-17(21-11-13-5-4-10-24(13)26)14-6-9-19(7-2-1-3-8-19)16(14)23-18(15)25/h4-5,10,12,21,26H,1-3,6-9,11H2. The Kier molecular flexibility index (Phi) is 3.74. The summed E-state index contributed by atoms with van der Waals surface area (Å²) in [6, 6.07) is 3.75. The van der Waals surface area contributed by atoms with E-state index in [-0.39, 0.29) is 5.41 Å². The first-order chi connectivity index (χ1) is 12.7. The average molecular weight is 416 g/mol. The lowest BCUT2D eigenvalue weighted by atomic mass is 9.72. The smallest absolute Gasteiger partial charge is 0.171 e. The second kappa shape index (κ2) is 6.01. The third-order valence-electron chi connectivity index (χ3n) is 6.12. The van der Waals surface area contributed by atoms with Crippen molar-refractivity contribution < 1.29 is 5.21 Å². The van der Waals surface area contributed by atoms with Crippen LogP contribution in [-0.4, -0.2) is 24.5 Å². The molecule has 0 radical (unpaired) electrons. The number of nitrogens with zero attached hydrogens (tertiary/aromatic N) is 4. The van der Waals surface area contributed by atoms with E-state index in [0.717, 1.165) is 32.8 Å². The van der Waals surface area contributed by atoms with Gasteiger partial charge >= 0.3 is 0 Å². The van der Waals surface area contributed by atoms with E-state index >= 15 is 0 Å². The summed E-state index contributed by atoms with van der Waals surface area (Å²) in [4.78, 5) is 5.07. The van der Waals surface area contributed by atoms with Gasteiger partial charge in [0.15, 0.2) is 5.65 Å². The lowest BCUT2D eigenvalue weighted by Crippen LogP contribution is -2.27. The largest absolute Gasteiger partial charge is 0.429 e. The van der Waals surface area contributed by atoms with Crippen molar-refractivity contribution >= 4 is 27.4 Å². The summed E-state index contributed by atoms with van der Waals surface area (Å²) in [7, 11) is 0. The number of halogens is 1. The van der Waals surface area contributed by atoms with Gasteiger partial charge in [-0.05, 0) is 53.7 Å². The van der Waals surface area contributed by atoms with Crippen molar-refractivity contribution in [1.82, 2.24) is 19.3 Å². The molecule has 26 heavy (non-hydrogen) atoms. The Labute approximate surface area is 160 Å². The highest BCUT2D eigenvalue weighted by molar-refractivity contribution is 9.10. The van der Waals surface area contributed by atoms with Gasteiger partial charge in [-0.3, -0.25) is 0 Å². The third kappa shape index (κ3) is 2.36. The Bertz CT molecular complexity index is 970. The van der Waals surface area contributed by atoms with E-state index in [1.54, 1.807) is 6.20 Å². The number of hydrogen-bond donors (Lipinski definition) is 2. The van der Waals surface area contributed by atoms with Crippen LogP contribution in [0.15, 0.2) is 29.0 Å². The van der Waals surface area contributed by atoms with E-state index in [9.17, 15) is 5.21 Å². The normalized spacial score (nSPS) is 18.5. The minimum absolute atomic E-state index is 0.243. The predicted molar refractivity (Wildman–Crippen MR) is 103 cm³/mol. The monoisotopic (exact) mass is 415 g/mol. The SMILES string of the molecule is On1cccc1CNc1c2c(nc3c(Br)cnn13)C1(CCCCC1)CC2. The lowest BCUT2D eigenvalue weighted by Gasteiger charge is -2.33. The van der Waals surface area contributed by atoms with E-state index in [1.165, 1.54) is 49.8 Å². The molecule has 0 aliphatic heterocycles. The summed E-state index contributed by atoms with van der Waals surface area (Å²) in [5.41, 5.74) is 4.50. The Hall–Kier alpha value is -2.02. The molecule has 3 heterocycles. The summed E-state index contributed by atoms with van der Waals surface area (Å²) in [6.45, 7) is 0.541. The van der Waals surface area contributed by atoms with E-state index in [4.69, 9.17) is 4.98 Å². The first-order valence-electron chi connectivity index (χ1n) is 9.34. The van der Waals surface area contributed by atoms with Crippen LogP contribution in [0.2, 0.25) is 0 Å². The van der Waals surface area contributed by atoms with Crippen molar-refractivity contribution in [2.45, 2.75) is 56.9 Å². The zero-order valence-electron chi connectivity index (χ0n) is 14.6. The Morgan fingerprint density at radius 3 is 2.85 bits per heavy atom. The van der Waals surface area contributed by atoms with E-state index in [2.05, 4.69) is 26.3 Å². The van der Waals surface area contributed by atoms with Crippen molar-refractivity contribution in [2.24, 2.45) is 0 Å². The first-order valence-corrected chi connectivity index (χ1v) is 10.1. The summed E-state index contributed by atoms with van der Waals surface area (Å²) in [5, 5.41) is 17.9. The van der Waals surface area contributed by atoms with Gasteiger partial charge in [0, 0.05) is 17.2 Å². The summed E-state index contributed by atoms with van der Waals surface area (Å²) >= 11 is 3.61. The molecule has 6 nitrogen and oxygen atoms in total. The number of hydrogen-bond acceptors (Lipinski definition) is 4. The molecule has 0 amide bonds. The molecule has 7 heteroatoms. The summed E-state index contributed by atoms with van der Waals surface area (Å²) in [6.07, 6.45) is 12.1. The Balaban J connectivity index is 1.61. The molecular formula is C19H22BrN5O. The fourth-order valence-electron chi connectivity index (χ4n) is 4.78. The summed E-state index contributed by atoms with van der Waals surface area (Å²) in [5.74, 6) is 1.01. The molecule has 0 bridgehead atoms. The summed E-state index contributed by atoms with van der Waals surface area (Å²) < 4.78 is 3.98. The molecule has 136 valence electrons. The number of rotatable bonds is 3. The minimum atomic E-state index is 0.243. The molecule has 0 atom stereocenters. The Morgan fingerprint density at radius 1 is 1.23 bits per heavy atom. The van der Waals surface area contributed by atoms with E-state index in [0.29, 0.717) is 6.54 Å². The molecule has 3 aromatic heterocycles. The highest BCUT2D eigenvalue weighted by Crippen LogP contribution is 2.50. The highest BCUT2D eigenvalue weighted by Gasteiger charge is 2.43. The molecule has 2 aliphatic rings. The predicted octanol–water partition coefficient (Wildman–Crippen LogP) is 4.29. The molecule has 1 fully saturated rings.